The van der Waals surface area contributed by atoms with E-state index in [9.17, 15) is 4.79 Å². The summed E-state index contributed by atoms with van der Waals surface area (Å²) in [4.78, 5) is 13.2. The second kappa shape index (κ2) is 8.11. The minimum Gasteiger partial charge on any atom is -0.465 e. The zero-order valence-electron chi connectivity index (χ0n) is 21.8. The molecule has 0 aromatic carbocycles. The first-order chi connectivity index (χ1) is 13.8. The number of ketones is 1. The molecule has 1 aliphatic carbocycles. The topological polar surface area (TPSA) is 26.3 Å². The van der Waals surface area contributed by atoms with Crippen LogP contribution < -0.4 is 0 Å². The highest BCUT2D eigenvalue weighted by molar-refractivity contribution is 6.11. The molecule has 1 aliphatic heterocycles. The van der Waals surface area contributed by atoms with Crippen molar-refractivity contribution in [3.8, 4) is 0 Å². The monoisotopic (exact) mass is 422 g/mol. The Labute approximate surface area is 190 Å². The summed E-state index contributed by atoms with van der Waals surface area (Å²) in [5, 5.41) is 0. The third kappa shape index (κ3) is 6.21. The lowest BCUT2D eigenvalue weighted by Crippen LogP contribution is -2.27. The van der Waals surface area contributed by atoms with Gasteiger partial charge in [0.05, 0.1) is 0 Å². The lowest BCUT2D eigenvalue weighted by Gasteiger charge is -2.32. The molecule has 0 saturated carbocycles. The van der Waals surface area contributed by atoms with Crippen LogP contribution in [0.1, 0.15) is 83.1 Å². The van der Waals surface area contributed by atoms with Crippen LogP contribution in [0, 0.1) is 21.7 Å². The van der Waals surface area contributed by atoms with Crippen LogP contribution >= 0.6 is 0 Å². The first kappa shape index (κ1) is 25.2. The second-order valence-corrected chi connectivity index (χ2v) is 12.9. The molecule has 2 nitrogen and oxygen atoms in total. The molecule has 0 fully saturated rings. The number of Topliss-reactive ketones (excluding diaryl/α,β-unsaturated/α-hetero) is 1. The van der Waals surface area contributed by atoms with Gasteiger partial charge < -0.3 is 4.74 Å². The summed E-state index contributed by atoms with van der Waals surface area (Å²) in [7, 11) is 0. The zero-order chi connectivity index (χ0) is 24.0. The quantitative estimate of drug-likeness (QED) is 0.425. The van der Waals surface area contributed by atoms with Gasteiger partial charge in [-0.3, -0.25) is 4.79 Å². The molecule has 0 aromatic heterocycles. The molecule has 0 spiro atoms. The third-order valence-electron chi connectivity index (χ3n) is 5.49. The highest BCUT2D eigenvalue weighted by Crippen LogP contribution is 2.40. The van der Waals surface area contributed by atoms with Crippen LogP contribution in [-0.4, -0.2) is 5.78 Å². The highest BCUT2D eigenvalue weighted by Gasteiger charge is 2.34. The standard InChI is InChI=1S/C29H42O2/c1-26(2,3)21-15-19(16-22(25(21)30)27(4,5)6)13-14-20-17-23(28(7,8)9)31-24(18-20)29(10,11)12/h13-18H,1-12H3. The predicted molar refractivity (Wildman–Crippen MR) is 132 cm³/mol. The van der Waals surface area contributed by atoms with Gasteiger partial charge in [0.2, 0.25) is 0 Å². The van der Waals surface area contributed by atoms with Gasteiger partial charge in [0, 0.05) is 22.0 Å². The van der Waals surface area contributed by atoms with E-state index < -0.39 is 0 Å². The lowest BCUT2D eigenvalue weighted by molar-refractivity contribution is -0.114. The van der Waals surface area contributed by atoms with Crippen LogP contribution in [0.4, 0.5) is 0 Å². The molecule has 0 unspecified atom stereocenters. The van der Waals surface area contributed by atoms with E-state index in [1.807, 2.05) is 0 Å². The Hall–Kier alpha value is -2.09. The number of carbonyl (C=O) groups excluding carboxylic acids is 1. The fraction of sp³-hybridized carbons (Fsp3) is 0.552. The van der Waals surface area contributed by atoms with Gasteiger partial charge in [0.15, 0.2) is 5.78 Å². The normalized spacial score (nSPS) is 18.6. The van der Waals surface area contributed by atoms with Crippen LogP contribution in [0.15, 0.2) is 70.3 Å². The van der Waals surface area contributed by atoms with Crippen molar-refractivity contribution in [1.82, 2.24) is 0 Å². The van der Waals surface area contributed by atoms with Crippen LogP contribution in [-0.2, 0) is 9.53 Å². The fourth-order valence-electron chi connectivity index (χ4n) is 3.41. The SMILES string of the molecule is CC(C)(C)C1=CC(=CC=C2C=C(C(C)(C)C)C(=O)C(C(C)(C)C)=C2)C=C(C(C)(C)C)O1. The van der Waals surface area contributed by atoms with Crippen molar-refractivity contribution >= 4 is 5.78 Å². The van der Waals surface area contributed by atoms with Crippen molar-refractivity contribution in [1.29, 1.82) is 0 Å². The Kier molecular flexibility index (Phi) is 6.59. The van der Waals surface area contributed by atoms with Gasteiger partial charge in [-0.25, -0.2) is 0 Å². The molecule has 0 amide bonds. The van der Waals surface area contributed by atoms with E-state index >= 15 is 0 Å². The van der Waals surface area contributed by atoms with E-state index in [1.54, 1.807) is 0 Å². The maximum Gasteiger partial charge on any atom is 0.186 e. The molecule has 31 heavy (non-hydrogen) atoms. The maximum atomic E-state index is 13.2. The van der Waals surface area contributed by atoms with Gasteiger partial charge in [-0.15, -0.1) is 0 Å². The van der Waals surface area contributed by atoms with Crippen LogP contribution in [0.5, 0.6) is 0 Å². The van der Waals surface area contributed by atoms with Gasteiger partial charge >= 0.3 is 0 Å². The molecule has 0 aromatic rings. The van der Waals surface area contributed by atoms with Crippen LogP contribution in [0.2, 0.25) is 0 Å². The Morgan fingerprint density at radius 1 is 0.548 bits per heavy atom. The number of hydrogen-bond acceptors (Lipinski definition) is 2. The Morgan fingerprint density at radius 3 is 1.16 bits per heavy atom. The molecular weight excluding hydrogens is 380 g/mol. The lowest BCUT2D eigenvalue weighted by atomic mass is 9.72. The van der Waals surface area contributed by atoms with E-state index in [-0.39, 0.29) is 27.4 Å². The Balaban J connectivity index is 2.61. The highest BCUT2D eigenvalue weighted by atomic mass is 16.5. The third-order valence-corrected chi connectivity index (χ3v) is 5.49. The summed E-state index contributed by atoms with van der Waals surface area (Å²) in [6, 6.07) is 0. The average Bonchev–Trinajstić information content (AvgIpc) is 2.57. The number of rotatable bonds is 1. The van der Waals surface area contributed by atoms with E-state index in [1.165, 1.54) is 0 Å². The van der Waals surface area contributed by atoms with Crippen LogP contribution in [0.3, 0.4) is 0 Å². The first-order valence-corrected chi connectivity index (χ1v) is 11.3. The van der Waals surface area contributed by atoms with Gasteiger partial charge in [-0.05, 0) is 46.3 Å². The minimum atomic E-state index is -0.203. The summed E-state index contributed by atoms with van der Waals surface area (Å²) in [6.45, 7) is 25.7. The van der Waals surface area contributed by atoms with Gasteiger partial charge in [-0.2, -0.15) is 0 Å². The predicted octanol–water partition coefficient (Wildman–Crippen LogP) is 8.26. The maximum absolute atomic E-state index is 13.2. The van der Waals surface area contributed by atoms with Gasteiger partial charge in [0.1, 0.15) is 11.5 Å². The van der Waals surface area contributed by atoms with E-state index in [2.05, 4.69) is 120 Å². The summed E-state index contributed by atoms with van der Waals surface area (Å²) < 4.78 is 6.27. The number of carbonyl (C=O) groups is 1. The summed E-state index contributed by atoms with van der Waals surface area (Å²) in [5.74, 6) is 2.11. The Bertz CT molecular complexity index is 861. The summed E-state index contributed by atoms with van der Waals surface area (Å²) in [5.41, 5.74) is 3.35. The number of ether oxygens (including phenoxy) is 1. The molecule has 0 radical (unpaired) electrons. The molecule has 170 valence electrons. The van der Waals surface area contributed by atoms with E-state index in [0.717, 1.165) is 33.8 Å². The van der Waals surface area contributed by atoms with Crippen molar-refractivity contribution in [2.24, 2.45) is 21.7 Å². The number of hydrogen-bond donors (Lipinski definition) is 0. The van der Waals surface area contributed by atoms with Crippen molar-refractivity contribution < 1.29 is 9.53 Å². The second-order valence-electron chi connectivity index (χ2n) is 12.9. The van der Waals surface area contributed by atoms with Gasteiger partial charge in [-0.1, -0.05) is 95.2 Å². The van der Waals surface area contributed by atoms with E-state index in [4.69, 9.17) is 4.74 Å². The molecule has 0 saturated heterocycles. The smallest absolute Gasteiger partial charge is 0.186 e. The molecule has 2 heteroatoms. The summed E-state index contributed by atoms with van der Waals surface area (Å²) in [6.07, 6.45) is 12.6. The molecule has 2 aliphatic rings. The first-order valence-electron chi connectivity index (χ1n) is 11.3. The molecular formula is C29H42O2. The van der Waals surface area contributed by atoms with Gasteiger partial charge in [0.25, 0.3) is 0 Å². The fourth-order valence-corrected chi connectivity index (χ4v) is 3.41. The molecule has 0 bridgehead atoms. The van der Waals surface area contributed by atoms with Crippen molar-refractivity contribution in [3.63, 3.8) is 0 Å². The van der Waals surface area contributed by atoms with Crippen LogP contribution in [0.25, 0.3) is 0 Å². The largest absolute Gasteiger partial charge is 0.465 e. The van der Waals surface area contributed by atoms with E-state index in [0.29, 0.717) is 0 Å². The Morgan fingerprint density at radius 2 is 0.871 bits per heavy atom. The summed E-state index contributed by atoms with van der Waals surface area (Å²) >= 11 is 0. The molecule has 1 heterocycles. The number of allylic oxidation sites excluding steroid dienone is 12. The molecule has 0 atom stereocenters. The van der Waals surface area contributed by atoms with Crippen molar-refractivity contribution in [2.45, 2.75) is 83.1 Å². The molecule has 2 rings (SSSR count). The van der Waals surface area contributed by atoms with Crippen molar-refractivity contribution in [2.75, 3.05) is 0 Å². The van der Waals surface area contributed by atoms with Crippen molar-refractivity contribution in [3.05, 3.63) is 70.3 Å². The minimum absolute atomic E-state index is 0.0765. The molecule has 0 N–H and O–H groups in total. The average molecular weight is 423 g/mol. The zero-order valence-corrected chi connectivity index (χ0v) is 21.8.